The molecule has 0 aromatic heterocycles. The van der Waals surface area contributed by atoms with Gasteiger partial charge in [-0.3, -0.25) is 4.79 Å². The van der Waals surface area contributed by atoms with Gasteiger partial charge in [0, 0.05) is 5.56 Å². The first-order chi connectivity index (χ1) is 7.40. The molecule has 0 aliphatic rings. The second kappa shape index (κ2) is 4.40. The van der Waals surface area contributed by atoms with E-state index < -0.39 is 12.0 Å². The molecule has 0 fully saturated rings. The minimum absolute atomic E-state index is 0.160. The standard InChI is InChI=1S/C11H15NO4/c1-5-4-7(8(12)11(14)15)9(13)10(16-3)6(5)2/h4,8,13H,12H2,1-3H3,(H,14,15)/t8-/m0/s1. The number of aromatic hydroxyl groups is 1. The summed E-state index contributed by atoms with van der Waals surface area (Å²) in [5.41, 5.74) is 7.21. The van der Waals surface area contributed by atoms with Gasteiger partial charge in [-0.1, -0.05) is 0 Å². The number of carbonyl (C=O) groups is 1. The van der Waals surface area contributed by atoms with Crippen molar-refractivity contribution in [1.82, 2.24) is 0 Å². The molecular formula is C11H15NO4. The van der Waals surface area contributed by atoms with Crippen LogP contribution in [0.2, 0.25) is 0 Å². The van der Waals surface area contributed by atoms with E-state index >= 15 is 0 Å². The second-order valence-corrected chi connectivity index (χ2v) is 3.61. The van der Waals surface area contributed by atoms with Crippen LogP contribution in [0.1, 0.15) is 22.7 Å². The van der Waals surface area contributed by atoms with Crippen molar-refractivity contribution in [2.24, 2.45) is 5.73 Å². The molecule has 0 radical (unpaired) electrons. The van der Waals surface area contributed by atoms with E-state index in [1.807, 2.05) is 0 Å². The number of aryl methyl sites for hydroxylation is 1. The molecule has 1 rings (SSSR count). The Kier molecular flexibility index (Phi) is 3.39. The summed E-state index contributed by atoms with van der Waals surface area (Å²) in [7, 11) is 1.41. The third-order valence-corrected chi connectivity index (χ3v) is 2.60. The monoisotopic (exact) mass is 225 g/mol. The highest BCUT2D eigenvalue weighted by molar-refractivity contribution is 5.77. The fraction of sp³-hybridized carbons (Fsp3) is 0.364. The van der Waals surface area contributed by atoms with Crippen LogP contribution in [-0.2, 0) is 4.79 Å². The fourth-order valence-electron chi connectivity index (χ4n) is 1.52. The molecule has 0 aliphatic carbocycles. The molecule has 0 bridgehead atoms. The van der Waals surface area contributed by atoms with Crippen LogP contribution >= 0.6 is 0 Å². The molecule has 88 valence electrons. The van der Waals surface area contributed by atoms with E-state index in [0.717, 1.165) is 11.1 Å². The summed E-state index contributed by atoms with van der Waals surface area (Å²) in [6.45, 7) is 3.58. The molecular weight excluding hydrogens is 210 g/mol. The Morgan fingerprint density at radius 1 is 1.50 bits per heavy atom. The number of carboxylic acids is 1. The lowest BCUT2D eigenvalue weighted by atomic mass is 9.99. The zero-order chi connectivity index (χ0) is 12.5. The van der Waals surface area contributed by atoms with E-state index in [1.54, 1.807) is 19.9 Å². The SMILES string of the molecule is COc1c(C)c(C)cc([C@H](N)C(=O)O)c1O. The molecule has 0 aliphatic heterocycles. The zero-order valence-electron chi connectivity index (χ0n) is 9.44. The van der Waals surface area contributed by atoms with E-state index in [9.17, 15) is 9.90 Å². The molecule has 0 heterocycles. The van der Waals surface area contributed by atoms with E-state index in [-0.39, 0.29) is 17.1 Å². The Bertz CT molecular complexity index is 428. The van der Waals surface area contributed by atoms with Crippen LogP contribution in [-0.4, -0.2) is 23.3 Å². The number of phenolic OH excluding ortho intramolecular Hbond substituents is 1. The smallest absolute Gasteiger partial charge is 0.325 e. The molecule has 5 nitrogen and oxygen atoms in total. The quantitative estimate of drug-likeness (QED) is 0.716. The van der Waals surface area contributed by atoms with Crippen LogP contribution in [0.5, 0.6) is 11.5 Å². The number of hydrogen-bond donors (Lipinski definition) is 3. The van der Waals surface area contributed by atoms with Crippen molar-refractivity contribution in [3.63, 3.8) is 0 Å². The summed E-state index contributed by atoms with van der Waals surface area (Å²) in [6.07, 6.45) is 0. The van der Waals surface area contributed by atoms with E-state index in [1.165, 1.54) is 7.11 Å². The number of phenols is 1. The molecule has 4 N–H and O–H groups in total. The highest BCUT2D eigenvalue weighted by atomic mass is 16.5. The number of aliphatic carboxylic acids is 1. The lowest BCUT2D eigenvalue weighted by Gasteiger charge is -2.16. The van der Waals surface area contributed by atoms with Crippen LogP contribution < -0.4 is 10.5 Å². The van der Waals surface area contributed by atoms with Gasteiger partial charge in [-0.25, -0.2) is 0 Å². The Morgan fingerprint density at radius 2 is 2.06 bits per heavy atom. The molecule has 1 aromatic rings. The molecule has 0 amide bonds. The summed E-state index contributed by atoms with van der Waals surface area (Å²) in [5.74, 6) is -1.13. The van der Waals surface area contributed by atoms with Gasteiger partial charge >= 0.3 is 5.97 Å². The minimum atomic E-state index is -1.26. The Balaban J connectivity index is 3.42. The summed E-state index contributed by atoms with van der Waals surface area (Å²) >= 11 is 0. The summed E-state index contributed by atoms with van der Waals surface area (Å²) in [6, 6.07) is 0.305. The van der Waals surface area contributed by atoms with E-state index in [4.69, 9.17) is 15.6 Å². The van der Waals surface area contributed by atoms with Gasteiger partial charge in [0.05, 0.1) is 7.11 Å². The van der Waals surface area contributed by atoms with Gasteiger partial charge in [0.2, 0.25) is 0 Å². The number of nitrogens with two attached hydrogens (primary N) is 1. The summed E-state index contributed by atoms with van der Waals surface area (Å²) in [5, 5.41) is 18.7. The van der Waals surface area contributed by atoms with Gasteiger partial charge in [-0.15, -0.1) is 0 Å². The van der Waals surface area contributed by atoms with Gasteiger partial charge in [0.1, 0.15) is 6.04 Å². The largest absolute Gasteiger partial charge is 0.504 e. The van der Waals surface area contributed by atoms with Crippen LogP contribution in [0, 0.1) is 13.8 Å². The molecule has 1 aromatic carbocycles. The van der Waals surface area contributed by atoms with Gasteiger partial charge in [-0.2, -0.15) is 0 Å². The van der Waals surface area contributed by atoms with Crippen LogP contribution in [0.3, 0.4) is 0 Å². The normalized spacial score (nSPS) is 12.2. The number of benzene rings is 1. The van der Waals surface area contributed by atoms with Crippen molar-refractivity contribution in [2.75, 3.05) is 7.11 Å². The van der Waals surface area contributed by atoms with Gasteiger partial charge in [0.15, 0.2) is 11.5 Å². The predicted molar refractivity (Wildman–Crippen MR) is 58.7 cm³/mol. The fourth-order valence-corrected chi connectivity index (χ4v) is 1.52. The molecule has 1 atom stereocenters. The summed E-state index contributed by atoms with van der Waals surface area (Å²) in [4.78, 5) is 10.8. The third kappa shape index (κ3) is 1.94. The first-order valence-electron chi connectivity index (χ1n) is 4.75. The van der Waals surface area contributed by atoms with Crippen molar-refractivity contribution < 1.29 is 19.7 Å². The average Bonchev–Trinajstić information content (AvgIpc) is 2.23. The molecule has 0 unspecified atom stereocenters. The predicted octanol–water partition coefficient (Wildman–Crippen LogP) is 1.10. The molecule has 5 heteroatoms. The number of rotatable bonds is 3. The lowest BCUT2D eigenvalue weighted by molar-refractivity contribution is -0.138. The topological polar surface area (TPSA) is 92.8 Å². The van der Waals surface area contributed by atoms with Crippen LogP contribution in [0.25, 0.3) is 0 Å². The van der Waals surface area contributed by atoms with Gasteiger partial charge in [0.25, 0.3) is 0 Å². The van der Waals surface area contributed by atoms with E-state index in [2.05, 4.69) is 0 Å². The lowest BCUT2D eigenvalue weighted by Crippen LogP contribution is -2.21. The highest BCUT2D eigenvalue weighted by Crippen LogP contribution is 2.37. The van der Waals surface area contributed by atoms with Crippen molar-refractivity contribution in [1.29, 1.82) is 0 Å². The summed E-state index contributed by atoms with van der Waals surface area (Å²) < 4.78 is 5.03. The van der Waals surface area contributed by atoms with Gasteiger partial charge in [-0.05, 0) is 31.0 Å². The average molecular weight is 225 g/mol. The third-order valence-electron chi connectivity index (χ3n) is 2.60. The van der Waals surface area contributed by atoms with E-state index in [0.29, 0.717) is 0 Å². The second-order valence-electron chi connectivity index (χ2n) is 3.61. The first-order valence-corrected chi connectivity index (χ1v) is 4.75. The van der Waals surface area contributed by atoms with Crippen LogP contribution in [0.15, 0.2) is 6.07 Å². The van der Waals surface area contributed by atoms with Crippen molar-refractivity contribution in [3.05, 3.63) is 22.8 Å². The molecule has 0 saturated heterocycles. The maximum Gasteiger partial charge on any atom is 0.325 e. The number of carboxylic acid groups (broad SMARTS) is 1. The molecule has 0 saturated carbocycles. The first kappa shape index (κ1) is 12.3. The maximum atomic E-state index is 10.8. The molecule has 0 spiro atoms. The Hall–Kier alpha value is -1.75. The zero-order valence-corrected chi connectivity index (χ0v) is 9.44. The van der Waals surface area contributed by atoms with Crippen molar-refractivity contribution in [3.8, 4) is 11.5 Å². The van der Waals surface area contributed by atoms with Crippen LogP contribution in [0.4, 0.5) is 0 Å². The van der Waals surface area contributed by atoms with Gasteiger partial charge < -0.3 is 20.7 Å². The highest BCUT2D eigenvalue weighted by Gasteiger charge is 2.22. The minimum Gasteiger partial charge on any atom is -0.504 e. The Morgan fingerprint density at radius 3 is 2.50 bits per heavy atom. The number of methoxy groups -OCH3 is 1. The van der Waals surface area contributed by atoms with Crippen molar-refractivity contribution >= 4 is 5.97 Å². The Labute approximate surface area is 93.5 Å². The number of ether oxygens (including phenoxy) is 1. The maximum absolute atomic E-state index is 10.8. The molecule has 16 heavy (non-hydrogen) atoms. The van der Waals surface area contributed by atoms with Crippen molar-refractivity contribution in [2.45, 2.75) is 19.9 Å². The number of hydrogen-bond acceptors (Lipinski definition) is 4.